The summed E-state index contributed by atoms with van der Waals surface area (Å²) in [7, 11) is 1.60. The van der Waals surface area contributed by atoms with Gasteiger partial charge in [0, 0.05) is 13.5 Å². The minimum Gasteiger partial charge on any atom is -0.384 e. The molecule has 0 bridgehead atoms. The molecule has 0 aromatic carbocycles. The molecule has 1 N–H and O–H groups in total. The summed E-state index contributed by atoms with van der Waals surface area (Å²) in [6.07, 6.45) is 4.53. The first-order chi connectivity index (χ1) is 4.81. The smallest absolute Gasteiger partial charge is 0.176 e. The molecule has 0 spiro atoms. The van der Waals surface area contributed by atoms with Gasteiger partial charge < -0.3 is 9.84 Å². The molecule has 0 fully saturated rings. The van der Waals surface area contributed by atoms with Crippen LogP contribution in [-0.2, 0) is 4.74 Å². The van der Waals surface area contributed by atoms with E-state index in [2.05, 4.69) is 17.8 Å². The topological polar surface area (TPSA) is 29.5 Å². The standard InChI is InChI=1S/C8H10O2/c1-3-8(9)6-4-5-7-10-2/h1,8-9H,5,7H2,2H3. The number of hydrogen-bond acceptors (Lipinski definition) is 2. The van der Waals surface area contributed by atoms with Gasteiger partial charge in [-0.05, 0) is 0 Å². The van der Waals surface area contributed by atoms with Gasteiger partial charge in [-0.1, -0.05) is 17.8 Å². The third kappa shape index (κ3) is 5.18. The van der Waals surface area contributed by atoms with Crippen molar-refractivity contribution in [2.45, 2.75) is 12.5 Å². The normalized spacial score (nSPS) is 10.9. The molecule has 54 valence electrons. The van der Waals surface area contributed by atoms with Gasteiger partial charge in [0.05, 0.1) is 6.61 Å². The Kier molecular flexibility index (Phi) is 5.57. The summed E-state index contributed by atoms with van der Waals surface area (Å²) in [6, 6.07) is 0. The van der Waals surface area contributed by atoms with Gasteiger partial charge in [0.25, 0.3) is 0 Å². The predicted octanol–water partition coefficient (Wildman–Crippen LogP) is 0.0204. The van der Waals surface area contributed by atoms with Crippen LogP contribution in [0.15, 0.2) is 0 Å². The predicted molar refractivity (Wildman–Crippen MR) is 39.1 cm³/mol. The van der Waals surface area contributed by atoms with E-state index in [4.69, 9.17) is 16.3 Å². The molecule has 0 aromatic heterocycles. The molecule has 2 heteroatoms. The van der Waals surface area contributed by atoms with Gasteiger partial charge >= 0.3 is 0 Å². The highest BCUT2D eigenvalue weighted by molar-refractivity contribution is 5.15. The Morgan fingerprint density at radius 2 is 2.40 bits per heavy atom. The first-order valence-corrected chi connectivity index (χ1v) is 2.92. The van der Waals surface area contributed by atoms with Crippen molar-refractivity contribution in [3.8, 4) is 24.2 Å². The zero-order valence-corrected chi connectivity index (χ0v) is 5.92. The van der Waals surface area contributed by atoms with Crippen molar-refractivity contribution in [3.63, 3.8) is 0 Å². The van der Waals surface area contributed by atoms with Crippen molar-refractivity contribution < 1.29 is 9.84 Å². The Balaban J connectivity index is 3.41. The second kappa shape index (κ2) is 6.16. The van der Waals surface area contributed by atoms with Crippen LogP contribution in [-0.4, -0.2) is 24.9 Å². The summed E-state index contributed by atoms with van der Waals surface area (Å²) in [5.41, 5.74) is 0. The summed E-state index contributed by atoms with van der Waals surface area (Å²) < 4.78 is 4.72. The zero-order chi connectivity index (χ0) is 7.82. The van der Waals surface area contributed by atoms with Crippen LogP contribution in [0.2, 0.25) is 0 Å². The lowest BCUT2D eigenvalue weighted by molar-refractivity contribution is 0.206. The van der Waals surface area contributed by atoms with E-state index in [9.17, 15) is 0 Å². The van der Waals surface area contributed by atoms with E-state index in [1.54, 1.807) is 7.11 Å². The number of hydrogen-bond donors (Lipinski definition) is 1. The van der Waals surface area contributed by atoms with Crippen LogP contribution in [0.3, 0.4) is 0 Å². The van der Waals surface area contributed by atoms with Crippen LogP contribution < -0.4 is 0 Å². The van der Waals surface area contributed by atoms with Gasteiger partial charge in [-0.15, -0.1) is 6.42 Å². The van der Waals surface area contributed by atoms with Gasteiger partial charge in [-0.25, -0.2) is 0 Å². The maximum absolute atomic E-state index is 8.71. The van der Waals surface area contributed by atoms with E-state index in [1.807, 2.05) is 0 Å². The molecular formula is C8H10O2. The highest BCUT2D eigenvalue weighted by Gasteiger charge is 1.85. The van der Waals surface area contributed by atoms with Gasteiger partial charge in [0.15, 0.2) is 6.10 Å². The van der Waals surface area contributed by atoms with Gasteiger partial charge in [-0.3, -0.25) is 0 Å². The summed E-state index contributed by atoms with van der Waals surface area (Å²) in [5, 5.41) is 8.71. The number of methoxy groups -OCH3 is 1. The average molecular weight is 138 g/mol. The quantitative estimate of drug-likeness (QED) is 0.430. The molecule has 0 heterocycles. The molecule has 1 atom stereocenters. The van der Waals surface area contributed by atoms with Crippen LogP contribution >= 0.6 is 0 Å². The fourth-order valence-corrected chi connectivity index (χ4v) is 0.364. The maximum Gasteiger partial charge on any atom is 0.176 e. The molecule has 0 saturated carbocycles. The van der Waals surface area contributed by atoms with E-state index >= 15 is 0 Å². The number of terminal acetylenes is 1. The lowest BCUT2D eigenvalue weighted by Gasteiger charge is -1.88. The highest BCUT2D eigenvalue weighted by Crippen LogP contribution is 1.78. The molecule has 0 rings (SSSR count). The Morgan fingerprint density at radius 3 is 2.90 bits per heavy atom. The van der Waals surface area contributed by atoms with Gasteiger partial charge in [-0.2, -0.15) is 0 Å². The molecule has 0 radical (unpaired) electrons. The van der Waals surface area contributed by atoms with E-state index in [-0.39, 0.29) is 0 Å². The summed E-state index contributed by atoms with van der Waals surface area (Å²) in [5.74, 6) is 7.21. The molecule has 1 unspecified atom stereocenters. The Bertz CT molecular complexity index is 168. The summed E-state index contributed by atoms with van der Waals surface area (Å²) in [4.78, 5) is 0. The molecule has 10 heavy (non-hydrogen) atoms. The average Bonchev–Trinajstić information content (AvgIpc) is 1.98. The fraction of sp³-hybridized carbons (Fsp3) is 0.500. The first-order valence-electron chi connectivity index (χ1n) is 2.92. The first kappa shape index (κ1) is 9.04. The molecule has 0 aliphatic carbocycles. The fourth-order valence-electron chi connectivity index (χ4n) is 0.364. The van der Waals surface area contributed by atoms with Crippen molar-refractivity contribution >= 4 is 0 Å². The van der Waals surface area contributed by atoms with E-state index in [0.29, 0.717) is 13.0 Å². The highest BCUT2D eigenvalue weighted by atomic mass is 16.5. The number of rotatable bonds is 2. The third-order valence-corrected chi connectivity index (χ3v) is 0.828. The van der Waals surface area contributed by atoms with Crippen molar-refractivity contribution in [1.29, 1.82) is 0 Å². The maximum atomic E-state index is 8.71. The second-order valence-electron chi connectivity index (χ2n) is 1.63. The SMILES string of the molecule is C#CC(O)C#CCCOC. The lowest BCUT2D eigenvalue weighted by atomic mass is 10.3. The second-order valence-corrected chi connectivity index (χ2v) is 1.63. The van der Waals surface area contributed by atoms with Crippen LogP contribution in [0.1, 0.15) is 6.42 Å². The van der Waals surface area contributed by atoms with Crippen molar-refractivity contribution in [3.05, 3.63) is 0 Å². The van der Waals surface area contributed by atoms with Crippen LogP contribution in [0, 0.1) is 24.2 Å². The van der Waals surface area contributed by atoms with Crippen LogP contribution in [0.5, 0.6) is 0 Å². The molecule has 0 aliphatic heterocycles. The monoisotopic (exact) mass is 138 g/mol. The molecule has 2 nitrogen and oxygen atoms in total. The van der Waals surface area contributed by atoms with Crippen molar-refractivity contribution in [2.24, 2.45) is 0 Å². The molecule has 0 aromatic rings. The van der Waals surface area contributed by atoms with Gasteiger partial charge in [0.2, 0.25) is 0 Å². The Labute approximate surface area is 61.2 Å². The van der Waals surface area contributed by atoms with E-state index in [1.165, 1.54) is 0 Å². The molecule has 0 amide bonds. The summed E-state index contributed by atoms with van der Waals surface area (Å²) >= 11 is 0. The Morgan fingerprint density at radius 1 is 1.70 bits per heavy atom. The zero-order valence-electron chi connectivity index (χ0n) is 5.92. The summed E-state index contributed by atoms with van der Waals surface area (Å²) in [6.45, 7) is 0.574. The molecule has 0 saturated heterocycles. The number of ether oxygens (including phenoxy) is 1. The van der Waals surface area contributed by atoms with Gasteiger partial charge in [0.1, 0.15) is 0 Å². The number of aliphatic hydroxyl groups excluding tert-OH is 1. The third-order valence-electron chi connectivity index (χ3n) is 0.828. The number of aliphatic hydroxyl groups is 1. The van der Waals surface area contributed by atoms with Crippen molar-refractivity contribution in [2.75, 3.05) is 13.7 Å². The van der Waals surface area contributed by atoms with E-state index in [0.717, 1.165) is 0 Å². The molecule has 0 aliphatic rings. The van der Waals surface area contributed by atoms with E-state index < -0.39 is 6.10 Å². The lowest BCUT2D eigenvalue weighted by Crippen LogP contribution is -1.96. The largest absolute Gasteiger partial charge is 0.384 e. The van der Waals surface area contributed by atoms with Crippen LogP contribution in [0.25, 0.3) is 0 Å². The Hall–Kier alpha value is -0.960. The minimum atomic E-state index is -0.933. The minimum absolute atomic E-state index is 0.574. The van der Waals surface area contributed by atoms with Crippen molar-refractivity contribution in [1.82, 2.24) is 0 Å². The molecular weight excluding hydrogens is 128 g/mol. The van der Waals surface area contributed by atoms with Crippen LogP contribution in [0.4, 0.5) is 0 Å².